The molecule has 0 aromatic carbocycles. The SMILES string of the molecule is CC(C)(CNC(=O)C1(N)CCN(C(=O)OC(C)(C)C)CC1)NC(=O)C(C)(C)C. The minimum absolute atomic E-state index is 0.0834. The van der Waals surface area contributed by atoms with Crippen LogP contribution in [0.4, 0.5) is 4.79 Å². The molecular weight excluding hydrogens is 360 g/mol. The van der Waals surface area contributed by atoms with Gasteiger partial charge in [-0.3, -0.25) is 9.59 Å². The molecule has 0 unspecified atom stereocenters. The molecule has 0 bridgehead atoms. The Kier molecular flexibility index (Phi) is 7.15. The first-order valence-electron chi connectivity index (χ1n) is 9.83. The Labute approximate surface area is 168 Å². The molecule has 1 aliphatic heterocycles. The average molecular weight is 399 g/mol. The highest BCUT2D eigenvalue weighted by Crippen LogP contribution is 2.22. The van der Waals surface area contributed by atoms with E-state index in [4.69, 9.17) is 10.5 Å². The first-order valence-corrected chi connectivity index (χ1v) is 9.83. The summed E-state index contributed by atoms with van der Waals surface area (Å²) in [6.07, 6.45) is 0.320. The Hall–Kier alpha value is -1.83. The second-order valence-electron chi connectivity index (χ2n) is 10.4. The predicted octanol–water partition coefficient (Wildman–Crippen LogP) is 1.77. The van der Waals surface area contributed by atoms with Gasteiger partial charge in [-0.25, -0.2) is 4.79 Å². The summed E-state index contributed by atoms with van der Waals surface area (Å²) in [6.45, 7) is 15.7. The molecular formula is C20H38N4O4. The van der Waals surface area contributed by atoms with Gasteiger partial charge >= 0.3 is 6.09 Å². The number of amides is 3. The van der Waals surface area contributed by atoms with Crippen LogP contribution in [-0.4, -0.2) is 59.1 Å². The zero-order chi connectivity index (χ0) is 22.0. The van der Waals surface area contributed by atoms with Gasteiger partial charge in [-0.05, 0) is 47.5 Å². The van der Waals surface area contributed by atoms with Crippen LogP contribution >= 0.6 is 0 Å². The average Bonchev–Trinajstić information content (AvgIpc) is 2.50. The van der Waals surface area contributed by atoms with Crippen LogP contribution in [0.1, 0.15) is 68.2 Å². The lowest BCUT2D eigenvalue weighted by molar-refractivity contribution is -0.131. The highest BCUT2D eigenvalue weighted by atomic mass is 16.6. The number of carbonyl (C=O) groups is 3. The number of ether oxygens (including phenoxy) is 1. The summed E-state index contributed by atoms with van der Waals surface area (Å²) < 4.78 is 5.37. The van der Waals surface area contributed by atoms with Crippen LogP contribution in [0, 0.1) is 5.41 Å². The molecule has 0 spiro atoms. The van der Waals surface area contributed by atoms with Crippen molar-refractivity contribution in [3.63, 3.8) is 0 Å². The number of rotatable bonds is 4. The predicted molar refractivity (Wildman–Crippen MR) is 109 cm³/mol. The molecule has 8 nitrogen and oxygen atoms in total. The summed E-state index contributed by atoms with van der Waals surface area (Å²) in [7, 11) is 0. The molecule has 1 heterocycles. The molecule has 1 fully saturated rings. The molecule has 162 valence electrons. The second-order valence-corrected chi connectivity index (χ2v) is 10.4. The lowest BCUT2D eigenvalue weighted by Gasteiger charge is -2.39. The molecule has 0 saturated carbocycles. The van der Waals surface area contributed by atoms with Gasteiger partial charge in [0.2, 0.25) is 11.8 Å². The fourth-order valence-electron chi connectivity index (χ4n) is 2.66. The third kappa shape index (κ3) is 7.30. The van der Waals surface area contributed by atoms with Crippen molar-refractivity contribution in [2.75, 3.05) is 19.6 Å². The van der Waals surface area contributed by atoms with E-state index in [1.165, 1.54) is 0 Å². The number of nitrogens with two attached hydrogens (primary N) is 1. The summed E-state index contributed by atoms with van der Waals surface area (Å²) in [5, 5.41) is 5.81. The van der Waals surface area contributed by atoms with E-state index in [2.05, 4.69) is 10.6 Å². The molecule has 4 N–H and O–H groups in total. The molecule has 0 aromatic heterocycles. The zero-order valence-electron chi connectivity index (χ0n) is 18.7. The van der Waals surface area contributed by atoms with E-state index in [9.17, 15) is 14.4 Å². The number of nitrogens with zero attached hydrogens (tertiary/aromatic N) is 1. The number of piperidine rings is 1. The highest BCUT2D eigenvalue weighted by molar-refractivity contribution is 5.87. The molecule has 1 rings (SSSR count). The van der Waals surface area contributed by atoms with E-state index < -0.39 is 22.1 Å². The summed E-state index contributed by atoms with van der Waals surface area (Å²) in [5.41, 5.74) is 3.60. The maximum absolute atomic E-state index is 12.7. The van der Waals surface area contributed by atoms with Crippen molar-refractivity contribution in [2.45, 2.75) is 84.9 Å². The summed E-state index contributed by atoms with van der Waals surface area (Å²) >= 11 is 0. The van der Waals surface area contributed by atoms with Crippen molar-refractivity contribution in [3.8, 4) is 0 Å². The maximum atomic E-state index is 12.7. The van der Waals surface area contributed by atoms with Crippen LogP contribution in [0.5, 0.6) is 0 Å². The largest absolute Gasteiger partial charge is 0.444 e. The molecule has 3 amide bonds. The van der Waals surface area contributed by atoms with E-state index >= 15 is 0 Å². The van der Waals surface area contributed by atoms with Crippen LogP contribution in [0.3, 0.4) is 0 Å². The number of hydrogen-bond donors (Lipinski definition) is 3. The van der Waals surface area contributed by atoms with E-state index in [0.29, 0.717) is 25.9 Å². The van der Waals surface area contributed by atoms with Crippen molar-refractivity contribution in [1.82, 2.24) is 15.5 Å². The fraction of sp³-hybridized carbons (Fsp3) is 0.850. The van der Waals surface area contributed by atoms with Crippen LogP contribution in [0.25, 0.3) is 0 Å². The fourth-order valence-corrected chi connectivity index (χ4v) is 2.66. The smallest absolute Gasteiger partial charge is 0.410 e. The number of nitrogens with one attached hydrogen (secondary N) is 2. The minimum atomic E-state index is -1.04. The first kappa shape index (κ1) is 24.2. The van der Waals surface area contributed by atoms with Gasteiger partial charge in [0.1, 0.15) is 5.60 Å². The normalized spacial score (nSPS) is 17.7. The molecule has 0 aromatic rings. The summed E-state index contributed by atoms with van der Waals surface area (Å²) in [6, 6.07) is 0. The molecule has 0 aliphatic carbocycles. The summed E-state index contributed by atoms with van der Waals surface area (Å²) in [4.78, 5) is 38.6. The van der Waals surface area contributed by atoms with Gasteiger partial charge < -0.3 is 26.0 Å². The monoisotopic (exact) mass is 398 g/mol. The van der Waals surface area contributed by atoms with Gasteiger partial charge in [-0.1, -0.05) is 20.8 Å². The number of hydrogen-bond acceptors (Lipinski definition) is 5. The van der Waals surface area contributed by atoms with E-state index in [1.807, 2.05) is 55.4 Å². The molecule has 28 heavy (non-hydrogen) atoms. The molecule has 1 aliphatic rings. The molecule has 0 atom stereocenters. The van der Waals surface area contributed by atoms with Gasteiger partial charge in [0.15, 0.2) is 0 Å². The summed E-state index contributed by atoms with van der Waals surface area (Å²) in [5.74, 6) is -0.352. The number of likely N-dealkylation sites (tertiary alicyclic amines) is 1. The lowest BCUT2D eigenvalue weighted by Crippen LogP contribution is -2.62. The second kappa shape index (κ2) is 8.27. The topological polar surface area (TPSA) is 114 Å². The van der Waals surface area contributed by atoms with Gasteiger partial charge in [0.05, 0.1) is 11.1 Å². The number of carbonyl (C=O) groups excluding carboxylic acids is 3. The Morgan fingerprint density at radius 3 is 1.93 bits per heavy atom. The van der Waals surface area contributed by atoms with Gasteiger partial charge in [-0.15, -0.1) is 0 Å². The minimum Gasteiger partial charge on any atom is -0.444 e. The molecule has 8 heteroatoms. The van der Waals surface area contributed by atoms with Gasteiger partial charge in [0, 0.05) is 25.0 Å². The van der Waals surface area contributed by atoms with Crippen molar-refractivity contribution in [2.24, 2.45) is 11.1 Å². The quantitative estimate of drug-likeness (QED) is 0.668. The lowest BCUT2D eigenvalue weighted by atomic mass is 9.87. The van der Waals surface area contributed by atoms with Crippen molar-refractivity contribution in [3.05, 3.63) is 0 Å². The first-order chi connectivity index (χ1) is 12.5. The third-order valence-electron chi connectivity index (χ3n) is 4.58. The highest BCUT2D eigenvalue weighted by Gasteiger charge is 2.40. The van der Waals surface area contributed by atoms with Crippen molar-refractivity contribution >= 4 is 17.9 Å². The maximum Gasteiger partial charge on any atom is 0.410 e. The van der Waals surface area contributed by atoms with E-state index in [-0.39, 0.29) is 24.5 Å². The third-order valence-corrected chi connectivity index (χ3v) is 4.58. The van der Waals surface area contributed by atoms with Crippen LogP contribution in [0.2, 0.25) is 0 Å². The van der Waals surface area contributed by atoms with Gasteiger partial charge in [0.25, 0.3) is 0 Å². The molecule has 0 radical (unpaired) electrons. The Balaban J connectivity index is 2.57. The van der Waals surface area contributed by atoms with Gasteiger partial charge in [-0.2, -0.15) is 0 Å². The van der Waals surface area contributed by atoms with Crippen molar-refractivity contribution in [1.29, 1.82) is 0 Å². The standard InChI is InChI=1S/C20H38N4O4/c1-17(2,3)14(25)23-19(7,8)13-22-15(26)20(21)9-11-24(12-10-20)16(27)28-18(4,5)6/h9-13,21H2,1-8H3,(H,22,26)(H,23,25). The van der Waals surface area contributed by atoms with Crippen LogP contribution in [-0.2, 0) is 14.3 Å². The van der Waals surface area contributed by atoms with E-state index in [1.54, 1.807) is 4.90 Å². The van der Waals surface area contributed by atoms with Crippen LogP contribution < -0.4 is 16.4 Å². The van der Waals surface area contributed by atoms with Crippen LogP contribution in [0.15, 0.2) is 0 Å². The Bertz CT molecular complexity index is 594. The zero-order valence-corrected chi connectivity index (χ0v) is 18.7. The Morgan fingerprint density at radius 2 is 1.50 bits per heavy atom. The molecule has 1 saturated heterocycles. The van der Waals surface area contributed by atoms with Crippen molar-refractivity contribution < 1.29 is 19.1 Å². The van der Waals surface area contributed by atoms with E-state index in [0.717, 1.165) is 0 Å². The Morgan fingerprint density at radius 1 is 1.00 bits per heavy atom.